The van der Waals surface area contributed by atoms with Gasteiger partial charge in [-0.2, -0.15) is 0 Å². The van der Waals surface area contributed by atoms with E-state index in [1.165, 1.54) is 16.5 Å². The highest BCUT2D eigenvalue weighted by Gasteiger charge is 2.27. The first-order chi connectivity index (χ1) is 10.7. The van der Waals surface area contributed by atoms with E-state index in [0.717, 1.165) is 26.1 Å². The van der Waals surface area contributed by atoms with Gasteiger partial charge in [-0.1, -0.05) is 26.0 Å². The van der Waals surface area contributed by atoms with E-state index in [2.05, 4.69) is 41.5 Å². The summed E-state index contributed by atoms with van der Waals surface area (Å²) in [6.45, 7) is 6.81. The summed E-state index contributed by atoms with van der Waals surface area (Å²) in [6.07, 6.45) is 3.64. The molecule has 0 saturated carbocycles. The van der Waals surface area contributed by atoms with Crippen LogP contribution in [0.3, 0.4) is 0 Å². The third-order valence-electron chi connectivity index (χ3n) is 4.80. The topological polar surface area (TPSA) is 48.1 Å². The number of carbonyl (C=O) groups excluding carboxylic acids is 1. The third-order valence-corrected chi connectivity index (χ3v) is 4.80. The molecule has 4 heteroatoms. The first kappa shape index (κ1) is 15.1. The predicted octanol–water partition coefficient (Wildman–Crippen LogP) is 2.90. The maximum Gasteiger partial charge on any atom is 0.222 e. The minimum absolute atomic E-state index is 0.280. The minimum atomic E-state index is 0.280. The van der Waals surface area contributed by atoms with Crippen molar-refractivity contribution in [3.05, 3.63) is 36.0 Å². The number of fused-ring (bicyclic) bond motifs is 1. The van der Waals surface area contributed by atoms with Gasteiger partial charge in [0.2, 0.25) is 5.91 Å². The number of hydrogen-bond acceptors (Lipinski definition) is 2. The van der Waals surface area contributed by atoms with Crippen molar-refractivity contribution in [3.8, 4) is 0 Å². The average molecular weight is 299 g/mol. The van der Waals surface area contributed by atoms with Crippen molar-refractivity contribution in [2.24, 2.45) is 5.92 Å². The number of likely N-dealkylation sites (tertiary alicyclic amines) is 1. The first-order valence-corrected chi connectivity index (χ1v) is 8.25. The van der Waals surface area contributed by atoms with Crippen LogP contribution in [0.4, 0.5) is 0 Å². The maximum atomic E-state index is 11.8. The molecule has 4 nitrogen and oxygen atoms in total. The van der Waals surface area contributed by atoms with Gasteiger partial charge in [0.15, 0.2) is 0 Å². The van der Waals surface area contributed by atoms with Gasteiger partial charge in [-0.15, -0.1) is 0 Å². The molecule has 1 fully saturated rings. The average Bonchev–Trinajstić information content (AvgIpc) is 3.02. The normalized spacial score (nSPS) is 22.2. The van der Waals surface area contributed by atoms with E-state index in [4.69, 9.17) is 0 Å². The number of carbonyl (C=O) groups is 1. The zero-order chi connectivity index (χ0) is 15.5. The van der Waals surface area contributed by atoms with Crippen LogP contribution in [-0.4, -0.2) is 34.9 Å². The molecule has 2 unspecified atom stereocenters. The Hall–Kier alpha value is -1.81. The van der Waals surface area contributed by atoms with Gasteiger partial charge in [0, 0.05) is 49.2 Å². The van der Waals surface area contributed by atoms with E-state index >= 15 is 0 Å². The highest BCUT2D eigenvalue weighted by molar-refractivity contribution is 5.82. The van der Waals surface area contributed by atoms with Crippen LogP contribution in [0.2, 0.25) is 0 Å². The fraction of sp³-hybridized carbons (Fsp3) is 0.500. The van der Waals surface area contributed by atoms with Crippen LogP contribution in [0.1, 0.15) is 32.3 Å². The number of piperidine rings is 1. The molecule has 1 aliphatic heterocycles. The second kappa shape index (κ2) is 6.53. The summed E-state index contributed by atoms with van der Waals surface area (Å²) in [6, 6.07) is 9.01. The molecule has 118 valence electrons. The minimum Gasteiger partial charge on any atom is -0.361 e. The van der Waals surface area contributed by atoms with Crippen molar-refractivity contribution in [2.75, 3.05) is 13.1 Å². The number of H-pyrrole nitrogens is 1. The Kier molecular flexibility index (Phi) is 4.48. The largest absolute Gasteiger partial charge is 0.361 e. The van der Waals surface area contributed by atoms with Gasteiger partial charge in [-0.05, 0) is 30.0 Å². The molecule has 3 rings (SSSR count). The second-order valence-corrected chi connectivity index (χ2v) is 6.30. The molecule has 2 heterocycles. The Labute approximate surface area is 131 Å². The van der Waals surface area contributed by atoms with E-state index in [1.807, 2.05) is 18.0 Å². The van der Waals surface area contributed by atoms with Gasteiger partial charge in [-0.3, -0.25) is 4.79 Å². The van der Waals surface area contributed by atoms with Gasteiger partial charge in [0.1, 0.15) is 0 Å². The summed E-state index contributed by atoms with van der Waals surface area (Å²) < 4.78 is 0. The van der Waals surface area contributed by atoms with Gasteiger partial charge >= 0.3 is 0 Å². The van der Waals surface area contributed by atoms with Gasteiger partial charge in [-0.25, -0.2) is 0 Å². The molecule has 0 spiro atoms. The SMILES string of the molecule is CCC(=O)N1CCC(NCc2cccc3[nH]ccc23)C(C)C1. The lowest BCUT2D eigenvalue weighted by Crippen LogP contribution is -2.49. The fourth-order valence-electron chi connectivity index (χ4n) is 3.44. The molecule has 2 N–H and O–H groups in total. The Bertz CT molecular complexity index is 649. The molecule has 22 heavy (non-hydrogen) atoms. The van der Waals surface area contributed by atoms with E-state index in [1.54, 1.807) is 0 Å². The van der Waals surface area contributed by atoms with Crippen LogP contribution in [0, 0.1) is 5.92 Å². The predicted molar refractivity (Wildman–Crippen MR) is 89.6 cm³/mol. The van der Waals surface area contributed by atoms with Crippen LogP contribution in [0.5, 0.6) is 0 Å². The molecule has 1 aromatic heterocycles. The lowest BCUT2D eigenvalue weighted by Gasteiger charge is -2.37. The van der Waals surface area contributed by atoms with Crippen LogP contribution in [-0.2, 0) is 11.3 Å². The van der Waals surface area contributed by atoms with Crippen molar-refractivity contribution < 1.29 is 4.79 Å². The molecular weight excluding hydrogens is 274 g/mol. The van der Waals surface area contributed by atoms with Gasteiger partial charge in [0.25, 0.3) is 0 Å². The van der Waals surface area contributed by atoms with Crippen LogP contribution >= 0.6 is 0 Å². The summed E-state index contributed by atoms with van der Waals surface area (Å²) in [7, 11) is 0. The zero-order valence-corrected chi connectivity index (χ0v) is 13.4. The number of rotatable bonds is 4. The zero-order valence-electron chi connectivity index (χ0n) is 13.4. The van der Waals surface area contributed by atoms with Crippen LogP contribution < -0.4 is 5.32 Å². The Morgan fingerprint density at radius 3 is 3.05 bits per heavy atom. The standard InChI is InChI=1S/C18H25N3O/c1-3-18(22)21-10-8-16(13(2)12-21)20-11-14-5-4-6-17-15(14)7-9-19-17/h4-7,9,13,16,19-20H,3,8,10-12H2,1-2H3. The van der Waals surface area contributed by atoms with Crippen molar-refractivity contribution in [1.82, 2.24) is 15.2 Å². The number of benzene rings is 1. The number of nitrogens with one attached hydrogen (secondary N) is 2. The summed E-state index contributed by atoms with van der Waals surface area (Å²) >= 11 is 0. The molecule has 2 atom stereocenters. The van der Waals surface area contributed by atoms with E-state index < -0.39 is 0 Å². The molecule has 1 aromatic carbocycles. The van der Waals surface area contributed by atoms with E-state index in [0.29, 0.717) is 18.4 Å². The number of aromatic nitrogens is 1. The molecule has 0 aliphatic carbocycles. The molecule has 0 bridgehead atoms. The molecule has 1 amide bonds. The van der Waals surface area contributed by atoms with Crippen molar-refractivity contribution in [1.29, 1.82) is 0 Å². The lowest BCUT2D eigenvalue weighted by atomic mass is 9.93. The highest BCUT2D eigenvalue weighted by atomic mass is 16.2. The summed E-state index contributed by atoms with van der Waals surface area (Å²) in [4.78, 5) is 17.1. The quantitative estimate of drug-likeness (QED) is 0.912. The highest BCUT2D eigenvalue weighted by Crippen LogP contribution is 2.20. The van der Waals surface area contributed by atoms with Gasteiger partial charge < -0.3 is 15.2 Å². The summed E-state index contributed by atoms with van der Waals surface area (Å²) in [5.74, 6) is 0.775. The smallest absolute Gasteiger partial charge is 0.222 e. The number of hydrogen-bond donors (Lipinski definition) is 2. The number of aromatic amines is 1. The molecule has 1 saturated heterocycles. The maximum absolute atomic E-state index is 11.8. The molecular formula is C18H25N3O. The Morgan fingerprint density at radius 2 is 2.27 bits per heavy atom. The number of amides is 1. The molecule has 1 aliphatic rings. The van der Waals surface area contributed by atoms with E-state index in [9.17, 15) is 4.79 Å². The van der Waals surface area contributed by atoms with Gasteiger partial charge in [0.05, 0.1) is 0 Å². The second-order valence-electron chi connectivity index (χ2n) is 6.30. The van der Waals surface area contributed by atoms with Crippen molar-refractivity contribution >= 4 is 16.8 Å². The number of nitrogens with zero attached hydrogens (tertiary/aromatic N) is 1. The summed E-state index contributed by atoms with van der Waals surface area (Å²) in [5.41, 5.74) is 2.52. The van der Waals surface area contributed by atoms with Crippen molar-refractivity contribution in [3.63, 3.8) is 0 Å². The van der Waals surface area contributed by atoms with Crippen LogP contribution in [0.15, 0.2) is 30.5 Å². The summed E-state index contributed by atoms with van der Waals surface area (Å²) in [5, 5.41) is 4.99. The Morgan fingerprint density at radius 1 is 1.41 bits per heavy atom. The van der Waals surface area contributed by atoms with Crippen molar-refractivity contribution in [2.45, 2.75) is 39.3 Å². The van der Waals surface area contributed by atoms with Crippen LogP contribution in [0.25, 0.3) is 10.9 Å². The van der Waals surface area contributed by atoms with E-state index in [-0.39, 0.29) is 5.91 Å². The monoisotopic (exact) mass is 299 g/mol. The first-order valence-electron chi connectivity index (χ1n) is 8.25. The Balaban J connectivity index is 1.60. The molecule has 0 radical (unpaired) electrons. The third kappa shape index (κ3) is 3.02. The molecule has 2 aromatic rings. The lowest BCUT2D eigenvalue weighted by molar-refractivity contribution is -0.132. The fourth-order valence-corrected chi connectivity index (χ4v) is 3.44.